The predicted octanol–water partition coefficient (Wildman–Crippen LogP) is 2.14. The van der Waals surface area contributed by atoms with Crippen molar-refractivity contribution in [3.05, 3.63) is 38.9 Å². The molecule has 0 heterocycles. The number of nitrogens with zero attached hydrogens (tertiary/aromatic N) is 1. The minimum absolute atomic E-state index is 0.0171. The van der Waals surface area contributed by atoms with Crippen LogP contribution in [0.25, 0.3) is 0 Å². The summed E-state index contributed by atoms with van der Waals surface area (Å²) in [5.74, 6) is -0.256. The first-order valence-corrected chi connectivity index (χ1v) is 6.63. The molecule has 1 fully saturated rings. The Kier molecular flexibility index (Phi) is 3.96. The lowest BCUT2D eigenvalue weighted by molar-refractivity contribution is -0.384. The van der Waals surface area contributed by atoms with Gasteiger partial charge in [-0.15, -0.1) is 0 Å². The molecule has 1 aliphatic rings. The third kappa shape index (κ3) is 3.26. The van der Waals surface area contributed by atoms with Gasteiger partial charge in [-0.05, 0) is 37.8 Å². The van der Waals surface area contributed by atoms with Gasteiger partial charge in [0.1, 0.15) is 5.02 Å². The van der Waals surface area contributed by atoms with Crippen molar-refractivity contribution in [3.63, 3.8) is 0 Å². The Balaban J connectivity index is 2.05. The van der Waals surface area contributed by atoms with E-state index in [1.807, 2.05) is 0 Å². The molecule has 1 aromatic rings. The molecule has 0 radical (unpaired) electrons. The van der Waals surface area contributed by atoms with Gasteiger partial charge in [0.05, 0.1) is 10.5 Å². The molecule has 1 aliphatic carbocycles. The van der Waals surface area contributed by atoms with Gasteiger partial charge in [0.15, 0.2) is 0 Å². The second-order valence-electron chi connectivity index (χ2n) is 5.24. The van der Waals surface area contributed by atoms with E-state index < -0.39 is 16.4 Å². The van der Waals surface area contributed by atoms with Crippen LogP contribution in [0.2, 0.25) is 5.02 Å². The van der Waals surface area contributed by atoms with Crippen molar-refractivity contribution in [2.24, 2.45) is 5.92 Å². The molecule has 6 nitrogen and oxygen atoms in total. The van der Waals surface area contributed by atoms with Crippen LogP contribution in [0.5, 0.6) is 0 Å². The summed E-state index contributed by atoms with van der Waals surface area (Å²) < 4.78 is 0. The Bertz CT molecular complexity index is 555. The number of nitrogens with one attached hydrogen (secondary N) is 1. The molecule has 0 saturated heterocycles. The lowest BCUT2D eigenvalue weighted by Crippen LogP contribution is -2.42. The van der Waals surface area contributed by atoms with Crippen molar-refractivity contribution >= 4 is 23.2 Å². The number of nitro groups is 1. The smallest absolute Gasteiger partial charge is 0.288 e. The molecular weight excluding hydrogens is 284 g/mol. The quantitative estimate of drug-likeness (QED) is 0.643. The molecule has 2 rings (SSSR count). The van der Waals surface area contributed by atoms with Crippen molar-refractivity contribution in [1.29, 1.82) is 0 Å². The number of amides is 1. The molecule has 20 heavy (non-hydrogen) atoms. The van der Waals surface area contributed by atoms with E-state index in [2.05, 4.69) is 5.32 Å². The number of carbonyl (C=O) groups is 1. The maximum Gasteiger partial charge on any atom is 0.288 e. The summed E-state index contributed by atoms with van der Waals surface area (Å²) >= 11 is 5.68. The second-order valence-corrected chi connectivity index (χ2v) is 5.64. The fraction of sp³-hybridized carbons (Fsp3) is 0.462. The fourth-order valence-electron chi connectivity index (χ4n) is 2.00. The molecule has 1 aromatic carbocycles. The summed E-state index contributed by atoms with van der Waals surface area (Å²) in [7, 11) is 0. The average Bonchev–Trinajstić information content (AvgIpc) is 3.21. The van der Waals surface area contributed by atoms with Crippen molar-refractivity contribution < 1.29 is 14.8 Å². The van der Waals surface area contributed by atoms with Gasteiger partial charge in [-0.2, -0.15) is 0 Å². The topological polar surface area (TPSA) is 92.5 Å². The first-order valence-electron chi connectivity index (χ1n) is 6.26. The van der Waals surface area contributed by atoms with E-state index in [9.17, 15) is 20.0 Å². The normalized spacial score (nSPS) is 17.4. The number of nitro benzene ring substituents is 1. The van der Waals surface area contributed by atoms with Crippen LogP contribution in [-0.4, -0.2) is 28.1 Å². The van der Waals surface area contributed by atoms with Crippen LogP contribution in [0.3, 0.4) is 0 Å². The molecule has 108 valence electrons. The summed E-state index contributed by atoms with van der Waals surface area (Å²) in [6, 6.07) is 3.85. The zero-order valence-electron chi connectivity index (χ0n) is 10.9. The third-order valence-electron chi connectivity index (χ3n) is 3.47. The summed E-state index contributed by atoms with van der Waals surface area (Å²) in [4.78, 5) is 22.1. The zero-order chi connectivity index (χ0) is 14.9. The standard InChI is InChI=1S/C13H15ClN2O4/c1-13(18,9-3-4-9)7-15-12(17)8-2-5-10(14)11(6-8)16(19)20/h2,5-6,9,18H,3-4,7H2,1H3,(H,15,17). The van der Waals surface area contributed by atoms with Crippen LogP contribution in [0, 0.1) is 16.0 Å². The Morgan fingerprint density at radius 2 is 2.25 bits per heavy atom. The van der Waals surface area contributed by atoms with Crippen molar-refractivity contribution in [2.75, 3.05) is 6.54 Å². The van der Waals surface area contributed by atoms with E-state index in [1.54, 1.807) is 6.92 Å². The van der Waals surface area contributed by atoms with Gasteiger partial charge in [0.2, 0.25) is 0 Å². The fourth-order valence-corrected chi connectivity index (χ4v) is 2.19. The Labute approximate surface area is 120 Å². The SMILES string of the molecule is CC(O)(CNC(=O)c1ccc(Cl)c([N+](=O)[O-])c1)C1CC1. The molecule has 1 amide bonds. The maximum atomic E-state index is 11.9. The van der Waals surface area contributed by atoms with Gasteiger partial charge in [-0.1, -0.05) is 11.6 Å². The monoisotopic (exact) mass is 298 g/mol. The van der Waals surface area contributed by atoms with Gasteiger partial charge in [0, 0.05) is 18.2 Å². The number of benzene rings is 1. The van der Waals surface area contributed by atoms with Gasteiger partial charge < -0.3 is 10.4 Å². The highest BCUT2D eigenvalue weighted by Crippen LogP contribution is 2.39. The zero-order valence-corrected chi connectivity index (χ0v) is 11.7. The molecule has 0 bridgehead atoms. The van der Waals surface area contributed by atoms with Crippen molar-refractivity contribution in [2.45, 2.75) is 25.4 Å². The van der Waals surface area contributed by atoms with E-state index in [0.29, 0.717) is 0 Å². The Hall–Kier alpha value is -1.66. The molecule has 7 heteroatoms. The van der Waals surface area contributed by atoms with Crippen LogP contribution < -0.4 is 5.32 Å². The minimum Gasteiger partial charge on any atom is -0.388 e. The van der Waals surface area contributed by atoms with E-state index in [-0.39, 0.29) is 28.7 Å². The second kappa shape index (κ2) is 5.38. The van der Waals surface area contributed by atoms with Gasteiger partial charge in [0.25, 0.3) is 11.6 Å². The summed E-state index contributed by atoms with van der Waals surface area (Å²) in [6.45, 7) is 1.79. The van der Waals surface area contributed by atoms with Gasteiger partial charge in [-0.3, -0.25) is 14.9 Å². The molecule has 1 saturated carbocycles. The lowest BCUT2D eigenvalue weighted by atomic mass is 10.0. The summed E-state index contributed by atoms with van der Waals surface area (Å²) in [5.41, 5.74) is -1.10. The highest BCUT2D eigenvalue weighted by Gasteiger charge is 2.40. The van der Waals surface area contributed by atoms with Gasteiger partial charge in [-0.25, -0.2) is 0 Å². The van der Waals surface area contributed by atoms with Crippen molar-refractivity contribution in [1.82, 2.24) is 5.32 Å². The van der Waals surface area contributed by atoms with E-state index in [1.165, 1.54) is 12.1 Å². The average molecular weight is 299 g/mol. The van der Waals surface area contributed by atoms with Crippen LogP contribution in [0.1, 0.15) is 30.1 Å². The summed E-state index contributed by atoms with van der Waals surface area (Å²) in [6.07, 6.45) is 1.91. The molecule has 0 spiro atoms. The van der Waals surface area contributed by atoms with E-state index in [4.69, 9.17) is 11.6 Å². The molecule has 0 aromatic heterocycles. The Morgan fingerprint density at radius 3 is 2.80 bits per heavy atom. The molecule has 1 atom stereocenters. The van der Waals surface area contributed by atoms with E-state index in [0.717, 1.165) is 18.9 Å². The minimum atomic E-state index is -0.936. The molecule has 2 N–H and O–H groups in total. The van der Waals surface area contributed by atoms with Gasteiger partial charge >= 0.3 is 0 Å². The lowest BCUT2D eigenvalue weighted by Gasteiger charge is -2.23. The number of carbonyl (C=O) groups excluding carboxylic acids is 1. The predicted molar refractivity (Wildman–Crippen MR) is 73.8 cm³/mol. The first-order chi connectivity index (χ1) is 9.31. The largest absolute Gasteiger partial charge is 0.388 e. The molecule has 1 unspecified atom stereocenters. The van der Waals surface area contributed by atoms with Crippen LogP contribution in [0.15, 0.2) is 18.2 Å². The first kappa shape index (κ1) is 14.7. The van der Waals surface area contributed by atoms with Crippen LogP contribution >= 0.6 is 11.6 Å². The number of rotatable bonds is 5. The maximum absolute atomic E-state index is 11.9. The number of hydrogen-bond donors (Lipinski definition) is 2. The van der Waals surface area contributed by atoms with Crippen LogP contribution in [-0.2, 0) is 0 Å². The molecular formula is C13H15ClN2O4. The highest BCUT2D eigenvalue weighted by atomic mass is 35.5. The summed E-state index contributed by atoms with van der Waals surface area (Å²) in [5, 5.41) is 23.4. The van der Waals surface area contributed by atoms with Crippen molar-refractivity contribution in [3.8, 4) is 0 Å². The third-order valence-corrected chi connectivity index (χ3v) is 3.79. The molecule has 0 aliphatic heterocycles. The number of hydrogen-bond acceptors (Lipinski definition) is 4. The Morgan fingerprint density at radius 1 is 1.60 bits per heavy atom. The van der Waals surface area contributed by atoms with E-state index >= 15 is 0 Å². The number of halogens is 1. The number of aliphatic hydroxyl groups is 1. The highest BCUT2D eigenvalue weighted by molar-refractivity contribution is 6.32. The van der Waals surface area contributed by atoms with Crippen LogP contribution in [0.4, 0.5) is 5.69 Å².